The largest absolute Gasteiger partial charge is 0.511 e. The van der Waals surface area contributed by atoms with Crippen molar-refractivity contribution in [2.24, 2.45) is 0 Å². The minimum Gasteiger partial charge on any atom is -0.463 e. The molecule has 6 heterocycles. The van der Waals surface area contributed by atoms with Crippen molar-refractivity contribution in [3.05, 3.63) is 71.3 Å². The van der Waals surface area contributed by atoms with Gasteiger partial charge in [-0.05, 0) is 0 Å². The van der Waals surface area contributed by atoms with Crippen LogP contribution in [0.25, 0.3) is 33.3 Å². The van der Waals surface area contributed by atoms with Gasteiger partial charge in [0.2, 0.25) is 13.1 Å². The Bertz CT molecular complexity index is 2220. The predicted molar refractivity (Wildman–Crippen MR) is 172 cm³/mol. The summed E-state index contributed by atoms with van der Waals surface area (Å²) in [6.07, 6.45) is -4.19. The molecule has 3 N–H and O–H groups in total. The number of hydrogen-bond donors (Lipinski definition) is 3. The zero-order valence-corrected chi connectivity index (χ0v) is 28.4. The molecule has 0 aliphatic carbocycles. The van der Waals surface area contributed by atoms with Gasteiger partial charge in [0.1, 0.15) is 28.6 Å². The third-order valence-corrected chi connectivity index (χ3v) is 7.15. The highest BCUT2D eigenvalue weighted by atomic mass is 16.8. The molecule has 0 saturated carbocycles. The highest BCUT2D eigenvalue weighted by Gasteiger charge is 2.23. The molecule has 2 atom stereocenters. The molecule has 0 aromatic carbocycles. The molecule has 0 spiro atoms. The molecule has 0 radical (unpaired) electrons. The fraction of sp³-hybridized carbons (Fsp3) is 0.273. The molecule has 2 unspecified atom stereocenters. The van der Waals surface area contributed by atoms with E-state index in [0.717, 1.165) is 7.11 Å². The maximum Gasteiger partial charge on any atom is 0.511 e. The summed E-state index contributed by atoms with van der Waals surface area (Å²) in [7, 11) is 1.12. The van der Waals surface area contributed by atoms with Gasteiger partial charge in [-0.25, -0.2) is 28.8 Å². The molecule has 0 aliphatic rings. The second-order valence-corrected chi connectivity index (χ2v) is 10.9. The lowest BCUT2D eigenvalue weighted by Crippen LogP contribution is -2.24. The summed E-state index contributed by atoms with van der Waals surface area (Å²) in [5, 5.41) is 0. The fourth-order valence-electron chi connectivity index (χ4n) is 4.72. The number of carbonyl (C=O) groups excluding carboxylic acids is 6. The molecule has 6 rings (SSSR count). The Morgan fingerprint density at radius 1 is 0.630 bits per heavy atom. The van der Waals surface area contributed by atoms with Gasteiger partial charge in [-0.3, -0.25) is 0 Å². The van der Waals surface area contributed by atoms with Crippen molar-refractivity contribution in [1.82, 2.24) is 15.0 Å². The number of furan rings is 3. The molecule has 6 aromatic heterocycles. The van der Waals surface area contributed by atoms with Crippen LogP contribution in [0.5, 0.6) is 0 Å². The summed E-state index contributed by atoms with van der Waals surface area (Å²) >= 11 is 0. The first-order valence-corrected chi connectivity index (χ1v) is 15.7. The summed E-state index contributed by atoms with van der Waals surface area (Å²) in [5.41, 5.74) is 2.38. The van der Waals surface area contributed by atoms with E-state index in [-0.39, 0.29) is 59.4 Å². The second kappa shape index (κ2) is 15.9. The Kier molecular flexibility index (Phi) is 10.8. The van der Waals surface area contributed by atoms with Crippen molar-refractivity contribution in [3.8, 4) is 0 Å². The molecule has 0 aliphatic heterocycles. The van der Waals surface area contributed by atoms with Crippen molar-refractivity contribution in [3.63, 3.8) is 0 Å². The first-order chi connectivity index (χ1) is 26.0. The van der Waals surface area contributed by atoms with Gasteiger partial charge in [-0.2, -0.15) is 0 Å². The van der Waals surface area contributed by atoms with Crippen LogP contribution in [0.1, 0.15) is 63.3 Å². The van der Waals surface area contributed by atoms with Crippen LogP contribution >= 0.6 is 0 Å². The molecule has 0 amide bonds. The summed E-state index contributed by atoms with van der Waals surface area (Å²) in [4.78, 5) is 80.8. The van der Waals surface area contributed by atoms with Crippen LogP contribution in [0.2, 0.25) is 0 Å². The Morgan fingerprint density at radius 3 is 1.80 bits per heavy atom. The second-order valence-electron chi connectivity index (χ2n) is 10.9. The van der Waals surface area contributed by atoms with Gasteiger partial charge in [-0.15, -0.1) is 0 Å². The van der Waals surface area contributed by atoms with Crippen molar-refractivity contribution < 1.29 is 84.7 Å². The van der Waals surface area contributed by atoms with E-state index in [1.807, 2.05) is 0 Å². The highest BCUT2D eigenvalue weighted by Crippen LogP contribution is 2.24. The van der Waals surface area contributed by atoms with Crippen molar-refractivity contribution in [1.29, 1.82) is 0 Å². The number of H-pyrrole nitrogens is 3. The molecular weight excluding hydrogens is 726 g/mol. The van der Waals surface area contributed by atoms with E-state index in [1.54, 1.807) is 13.0 Å². The van der Waals surface area contributed by atoms with E-state index in [4.69, 9.17) is 51.1 Å². The van der Waals surface area contributed by atoms with E-state index < -0.39 is 55.7 Å². The minimum absolute atomic E-state index is 0.0176. The minimum atomic E-state index is -1.36. The van der Waals surface area contributed by atoms with Crippen LogP contribution in [-0.4, -0.2) is 77.8 Å². The zero-order valence-electron chi connectivity index (χ0n) is 28.4. The number of ether oxygens (including phenoxy) is 9. The molecule has 284 valence electrons. The number of nitrogens with one attached hydrogen (secondary N) is 3. The Hall–Kier alpha value is -7.32. The first kappa shape index (κ1) is 36.5. The third-order valence-electron chi connectivity index (χ3n) is 7.15. The van der Waals surface area contributed by atoms with Crippen LogP contribution in [0, 0.1) is 0 Å². The predicted octanol–water partition coefficient (Wildman–Crippen LogP) is 5.91. The number of hydrogen-bond acceptors (Lipinski definition) is 18. The average Bonchev–Trinajstić information content (AvgIpc) is 3.97. The van der Waals surface area contributed by atoms with Crippen LogP contribution < -0.4 is 0 Å². The van der Waals surface area contributed by atoms with Gasteiger partial charge >= 0.3 is 36.4 Å². The van der Waals surface area contributed by atoms with E-state index in [0.29, 0.717) is 22.1 Å². The van der Waals surface area contributed by atoms with Gasteiger partial charge in [0.15, 0.2) is 30.0 Å². The molecule has 0 bridgehead atoms. The smallest absolute Gasteiger partial charge is 0.463 e. The molecule has 21 nitrogen and oxygen atoms in total. The van der Waals surface area contributed by atoms with Crippen molar-refractivity contribution >= 4 is 69.7 Å². The molecule has 0 saturated heterocycles. The number of rotatable bonds is 14. The Labute approximate surface area is 300 Å². The van der Waals surface area contributed by atoms with Gasteiger partial charge in [0.05, 0.1) is 29.9 Å². The monoisotopic (exact) mass is 755 g/mol. The molecule has 0 fully saturated rings. The third kappa shape index (κ3) is 8.75. The number of aromatic nitrogens is 3. The topological polar surface area (TPSA) is 272 Å². The number of esters is 3. The normalized spacial score (nSPS) is 12.2. The summed E-state index contributed by atoms with van der Waals surface area (Å²) in [5.74, 6) is -2.08. The van der Waals surface area contributed by atoms with Crippen LogP contribution in [0.4, 0.5) is 14.4 Å². The SMILES string of the molecule is CCC(OC(=O)OC)OC(=O)c1cc2oc(COC(=O)OC(C)OC(=O)c3cc4oc(COC(=O)OCOC(=O)c5cc6occc6[nH]5)cc4[nH]3)cc2[nH]1. The molecular formula is C33H29N3O18. The lowest BCUT2D eigenvalue weighted by Gasteiger charge is -2.15. The Morgan fingerprint density at radius 2 is 1.20 bits per heavy atom. The summed E-state index contributed by atoms with van der Waals surface area (Å²) in [6.45, 7) is 1.52. The number of methoxy groups -OCH3 is 1. The maximum atomic E-state index is 12.6. The van der Waals surface area contributed by atoms with E-state index >= 15 is 0 Å². The average molecular weight is 756 g/mol. The molecule has 6 aromatic rings. The highest BCUT2D eigenvalue weighted by molar-refractivity contribution is 5.94. The van der Waals surface area contributed by atoms with E-state index in [1.165, 1.54) is 43.5 Å². The quantitative estimate of drug-likeness (QED) is 0.0662. The fourth-order valence-corrected chi connectivity index (χ4v) is 4.72. The van der Waals surface area contributed by atoms with Gasteiger partial charge < -0.3 is 70.8 Å². The lowest BCUT2D eigenvalue weighted by atomic mass is 10.4. The van der Waals surface area contributed by atoms with Gasteiger partial charge in [0.25, 0.3) is 6.29 Å². The Balaban J connectivity index is 0.891. The summed E-state index contributed by atoms with van der Waals surface area (Å²) < 4.78 is 60.3. The number of carbonyl (C=O) groups is 6. The first-order valence-electron chi connectivity index (χ1n) is 15.7. The molecule has 54 heavy (non-hydrogen) atoms. The van der Waals surface area contributed by atoms with E-state index in [9.17, 15) is 28.8 Å². The molecule has 21 heteroatoms. The standard InChI is InChI=1S/C33H29N3O18/c1-4-27(54-31(40)43-3)53-30(39)23-11-26-20(36-23)8-17(52-26)13-46-33(42)50-15(2)49-29(38)22-10-25-19(35-22)7-16(51-25)12-45-32(41)48-14-47-28(37)21-9-24-18(34-21)5-6-44-24/h5-11,15,27,34-36H,4,12-14H2,1-3H3. The van der Waals surface area contributed by atoms with Gasteiger partial charge in [-0.1, -0.05) is 6.92 Å². The number of fused-ring (bicyclic) bond motifs is 3. The zero-order chi connectivity index (χ0) is 38.4. The maximum absolute atomic E-state index is 12.6. The lowest BCUT2D eigenvalue weighted by molar-refractivity contribution is -0.0903. The van der Waals surface area contributed by atoms with Crippen LogP contribution in [0.15, 0.2) is 55.9 Å². The number of aromatic amines is 3. The van der Waals surface area contributed by atoms with Crippen molar-refractivity contribution in [2.75, 3.05) is 13.9 Å². The van der Waals surface area contributed by atoms with Crippen molar-refractivity contribution in [2.45, 2.75) is 46.1 Å². The van der Waals surface area contributed by atoms with Gasteiger partial charge in [0, 0.05) is 49.7 Å². The van der Waals surface area contributed by atoms with Crippen LogP contribution in [0.3, 0.4) is 0 Å². The van der Waals surface area contributed by atoms with E-state index in [2.05, 4.69) is 19.7 Å². The summed E-state index contributed by atoms with van der Waals surface area (Å²) in [6, 6.07) is 8.68. The van der Waals surface area contributed by atoms with Crippen LogP contribution in [-0.2, 0) is 55.8 Å².